The van der Waals surface area contributed by atoms with E-state index >= 15 is 0 Å². The number of carbonyl (C=O) groups excluding carboxylic acids is 1. The fourth-order valence-electron chi connectivity index (χ4n) is 2.72. The number of allylic oxidation sites excluding steroid dienone is 4. The largest absolute Gasteiger partial charge is 0.335 e. The van der Waals surface area contributed by atoms with Crippen LogP contribution in [0.4, 0.5) is 0 Å². The molecule has 0 aromatic carbocycles. The van der Waals surface area contributed by atoms with E-state index in [1.54, 1.807) is 6.21 Å². The molecule has 3 nitrogen and oxygen atoms in total. The van der Waals surface area contributed by atoms with Crippen LogP contribution in [0.2, 0.25) is 0 Å². The summed E-state index contributed by atoms with van der Waals surface area (Å²) in [5.41, 5.74) is 2.57. The second-order valence-electron chi connectivity index (χ2n) is 7.48. The van der Waals surface area contributed by atoms with E-state index in [0.717, 1.165) is 25.7 Å². The highest BCUT2D eigenvalue weighted by Gasteiger charge is 2.01. The molecular weight excluding hydrogens is 322 g/mol. The van der Waals surface area contributed by atoms with Crippen molar-refractivity contribution < 1.29 is 9.63 Å². The Morgan fingerprint density at radius 1 is 0.846 bits per heavy atom. The van der Waals surface area contributed by atoms with Crippen molar-refractivity contribution in [1.29, 1.82) is 0 Å². The van der Waals surface area contributed by atoms with E-state index < -0.39 is 0 Å². The maximum Gasteiger partial charge on any atom is 0.335 e. The molecule has 0 saturated carbocycles. The fraction of sp³-hybridized carbons (Fsp3) is 0.739. The molecule has 0 unspecified atom stereocenters. The molecule has 3 heteroatoms. The lowest BCUT2D eigenvalue weighted by molar-refractivity contribution is -0.143. The predicted octanol–water partition coefficient (Wildman–Crippen LogP) is 7.52. The molecule has 26 heavy (non-hydrogen) atoms. The molecular formula is C23H41NO2. The second kappa shape index (κ2) is 18.4. The number of unbranched alkanes of at least 4 members (excludes halogenated alkanes) is 9. The Balaban J connectivity index is 3.55. The van der Waals surface area contributed by atoms with E-state index in [-0.39, 0.29) is 5.97 Å². The summed E-state index contributed by atoms with van der Waals surface area (Å²) in [6.45, 7) is 8.53. The second-order valence-corrected chi connectivity index (χ2v) is 7.48. The minimum absolute atomic E-state index is 0.226. The standard InChI is InChI=1S/C23H41NO2/c1-5-6-7-8-9-10-11-12-13-14-18-23(25)26-24-20-19-22(4)17-15-16-21(2)3/h16,19-20H,5-15,17-18H2,1-4H3. The van der Waals surface area contributed by atoms with Gasteiger partial charge in [0, 0.05) is 6.42 Å². The number of nitrogens with zero attached hydrogens (tertiary/aromatic N) is 1. The summed E-state index contributed by atoms with van der Waals surface area (Å²) in [6.07, 6.45) is 20.9. The average molecular weight is 364 g/mol. The van der Waals surface area contributed by atoms with Crippen LogP contribution in [-0.2, 0) is 9.63 Å². The van der Waals surface area contributed by atoms with Crippen molar-refractivity contribution in [3.63, 3.8) is 0 Å². The Bertz CT molecular complexity index is 431. The van der Waals surface area contributed by atoms with Gasteiger partial charge in [0.25, 0.3) is 0 Å². The Hall–Kier alpha value is -1.38. The topological polar surface area (TPSA) is 38.7 Å². The van der Waals surface area contributed by atoms with Crippen LogP contribution in [0, 0.1) is 0 Å². The van der Waals surface area contributed by atoms with Gasteiger partial charge in [-0.25, -0.2) is 4.79 Å². The predicted molar refractivity (Wildman–Crippen MR) is 113 cm³/mol. The highest BCUT2D eigenvalue weighted by Crippen LogP contribution is 2.11. The van der Waals surface area contributed by atoms with E-state index in [9.17, 15) is 4.79 Å². The SMILES string of the molecule is CCCCCCCCCCCCC(=O)ON=CC=C(C)CCC=C(C)C. The first-order chi connectivity index (χ1) is 12.6. The molecule has 0 aromatic rings. The van der Waals surface area contributed by atoms with Gasteiger partial charge in [0.05, 0.1) is 6.21 Å². The van der Waals surface area contributed by atoms with Gasteiger partial charge in [-0.2, -0.15) is 0 Å². The maximum atomic E-state index is 11.6. The van der Waals surface area contributed by atoms with Crippen molar-refractivity contribution in [2.75, 3.05) is 0 Å². The molecule has 0 aliphatic carbocycles. The van der Waals surface area contributed by atoms with Crippen molar-refractivity contribution in [2.24, 2.45) is 5.16 Å². The lowest BCUT2D eigenvalue weighted by Gasteiger charge is -2.01. The molecule has 0 radical (unpaired) electrons. The molecule has 0 bridgehead atoms. The van der Waals surface area contributed by atoms with Gasteiger partial charge in [-0.3, -0.25) is 0 Å². The summed E-state index contributed by atoms with van der Waals surface area (Å²) in [7, 11) is 0. The van der Waals surface area contributed by atoms with Crippen LogP contribution in [0.25, 0.3) is 0 Å². The van der Waals surface area contributed by atoms with E-state index in [1.807, 2.05) is 6.08 Å². The van der Waals surface area contributed by atoms with Gasteiger partial charge < -0.3 is 4.84 Å². The lowest BCUT2D eigenvalue weighted by Crippen LogP contribution is -1.99. The number of oxime groups is 1. The first kappa shape index (κ1) is 24.6. The van der Waals surface area contributed by atoms with Crippen LogP contribution < -0.4 is 0 Å². The molecule has 0 N–H and O–H groups in total. The molecule has 0 fully saturated rings. The zero-order valence-electron chi connectivity index (χ0n) is 17.7. The van der Waals surface area contributed by atoms with Crippen LogP contribution in [0.3, 0.4) is 0 Å². The average Bonchev–Trinajstić information content (AvgIpc) is 2.60. The Morgan fingerprint density at radius 3 is 2.00 bits per heavy atom. The molecule has 0 spiro atoms. The van der Waals surface area contributed by atoms with Crippen molar-refractivity contribution >= 4 is 12.2 Å². The fourth-order valence-corrected chi connectivity index (χ4v) is 2.72. The summed E-state index contributed by atoms with van der Waals surface area (Å²) < 4.78 is 0. The summed E-state index contributed by atoms with van der Waals surface area (Å²) in [4.78, 5) is 16.5. The maximum absolute atomic E-state index is 11.6. The first-order valence-corrected chi connectivity index (χ1v) is 10.6. The van der Waals surface area contributed by atoms with Gasteiger partial charge in [-0.15, -0.1) is 0 Å². The number of carbonyl (C=O) groups is 1. The Labute approximate surface area is 162 Å². The molecule has 0 heterocycles. The minimum atomic E-state index is -0.226. The monoisotopic (exact) mass is 363 g/mol. The van der Waals surface area contributed by atoms with Gasteiger partial charge in [-0.05, 0) is 46.1 Å². The molecule has 0 saturated heterocycles. The highest BCUT2D eigenvalue weighted by atomic mass is 16.7. The van der Waals surface area contributed by atoms with Crippen molar-refractivity contribution in [3.05, 3.63) is 23.3 Å². The number of hydrogen-bond donors (Lipinski definition) is 0. The highest BCUT2D eigenvalue weighted by molar-refractivity contribution is 5.74. The van der Waals surface area contributed by atoms with Gasteiger partial charge in [-0.1, -0.05) is 87.1 Å². The normalized spacial score (nSPS) is 11.8. The molecule has 0 amide bonds. The van der Waals surface area contributed by atoms with Gasteiger partial charge in [0.15, 0.2) is 0 Å². The Kier molecular flexibility index (Phi) is 17.4. The molecule has 0 aliphatic rings. The van der Waals surface area contributed by atoms with Gasteiger partial charge >= 0.3 is 5.97 Å². The minimum Gasteiger partial charge on any atom is -0.318 e. The third-order valence-corrected chi connectivity index (χ3v) is 4.40. The van der Waals surface area contributed by atoms with Crippen LogP contribution in [0.5, 0.6) is 0 Å². The Morgan fingerprint density at radius 2 is 1.42 bits per heavy atom. The van der Waals surface area contributed by atoms with E-state index in [1.165, 1.54) is 62.5 Å². The molecule has 0 aromatic heterocycles. The van der Waals surface area contributed by atoms with Gasteiger partial charge in [0.1, 0.15) is 0 Å². The van der Waals surface area contributed by atoms with Crippen molar-refractivity contribution in [2.45, 2.75) is 111 Å². The zero-order chi connectivity index (χ0) is 19.5. The summed E-state index contributed by atoms with van der Waals surface area (Å²) >= 11 is 0. The molecule has 0 atom stereocenters. The van der Waals surface area contributed by atoms with E-state index in [0.29, 0.717) is 6.42 Å². The van der Waals surface area contributed by atoms with E-state index in [4.69, 9.17) is 4.84 Å². The van der Waals surface area contributed by atoms with Crippen molar-refractivity contribution in [1.82, 2.24) is 0 Å². The summed E-state index contributed by atoms with van der Waals surface area (Å²) in [5, 5.41) is 3.75. The number of rotatable bonds is 16. The van der Waals surface area contributed by atoms with Crippen LogP contribution in [0.15, 0.2) is 28.5 Å². The molecule has 0 rings (SSSR count). The summed E-state index contributed by atoms with van der Waals surface area (Å²) in [6, 6.07) is 0. The van der Waals surface area contributed by atoms with Crippen LogP contribution in [-0.4, -0.2) is 12.2 Å². The number of hydrogen-bond acceptors (Lipinski definition) is 3. The van der Waals surface area contributed by atoms with Crippen LogP contribution in [0.1, 0.15) is 111 Å². The third-order valence-electron chi connectivity index (χ3n) is 4.40. The first-order valence-electron chi connectivity index (χ1n) is 10.6. The van der Waals surface area contributed by atoms with Crippen LogP contribution >= 0.6 is 0 Å². The lowest BCUT2D eigenvalue weighted by atomic mass is 10.1. The van der Waals surface area contributed by atoms with Crippen molar-refractivity contribution in [3.8, 4) is 0 Å². The smallest absolute Gasteiger partial charge is 0.318 e. The zero-order valence-corrected chi connectivity index (χ0v) is 17.7. The van der Waals surface area contributed by atoms with Gasteiger partial charge in [0.2, 0.25) is 0 Å². The third kappa shape index (κ3) is 19.0. The quantitative estimate of drug-likeness (QED) is 0.0935. The molecule has 150 valence electrons. The molecule has 0 aliphatic heterocycles. The summed E-state index contributed by atoms with van der Waals surface area (Å²) in [5.74, 6) is -0.226. The van der Waals surface area contributed by atoms with E-state index in [2.05, 4.69) is 38.9 Å².